The van der Waals surface area contributed by atoms with Gasteiger partial charge in [-0.2, -0.15) is 0 Å². The summed E-state index contributed by atoms with van der Waals surface area (Å²) < 4.78 is 12.3. The number of nitrogens with zero attached hydrogens (tertiary/aromatic N) is 6. The molecule has 20 heteroatoms. The Kier molecular flexibility index (Phi) is 19.7. The zero-order valence-electron chi connectivity index (χ0n) is 50.6. The summed E-state index contributed by atoms with van der Waals surface area (Å²) in [5, 5.41) is 21.2. The van der Waals surface area contributed by atoms with E-state index in [4.69, 9.17) is 14.5 Å². The minimum atomic E-state index is -0.856. The first kappa shape index (κ1) is 62.1. The van der Waals surface area contributed by atoms with E-state index in [0.717, 1.165) is 117 Å². The molecule has 11 rings (SSSR count). The Hall–Kier alpha value is -7.54. The largest absolute Gasteiger partial charge is 0.494 e. The molecule has 17 nitrogen and oxygen atoms in total. The summed E-state index contributed by atoms with van der Waals surface area (Å²) in [5.74, 6) is 6.97. The molecule has 4 aliphatic rings. The molecular formula is C68H77N9O8S3. The number of carbonyl (C=O) groups excluding carboxylic acids is 5. The van der Waals surface area contributed by atoms with Crippen molar-refractivity contribution in [3.8, 4) is 28.0 Å². The van der Waals surface area contributed by atoms with Gasteiger partial charge in [-0.25, -0.2) is 19.7 Å². The van der Waals surface area contributed by atoms with Crippen LogP contribution in [0, 0.1) is 41.9 Å². The number of amides is 4. The number of fused-ring (bicyclic) bond motifs is 2. The molecule has 3 fully saturated rings. The third kappa shape index (κ3) is 14.8. The first-order chi connectivity index (χ1) is 42.5. The van der Waals surface area contributed by atoms with Crippen LogP contribution in [0.15, 0.2) is 96.5 Å². The molecule has 0 radical (unpaired) electrons. The smallest absolute Gasteiger partial charge is 0.357 e. The first-order valence-corrected chi connectivity index (χ1v) is 33.2. The number of esters is 1. The predicted molar refractivity (Wildman–Crippen MR) is 346 cm³/mol. The summed E-state index contributed by atoms with van der Waals surface area (Å²) in [7, 11) is 1.37. The SMILES string of the molecule is COC(=O)c1nc(N2CCc3cccc(C(=O)Nc4nc5ccccc5s4)c3C2)sc1CCCOc1ccc(C#CCN2CCC(C3CCC(C(=O)N[C@H](C(=O)N4C[C@H](O)C[C@H]4C(=O)NCc4ccc(-c5scnc5C)cc4)C(C)(C)C)CC3)CC2)cc1. The number of para-hydroxylation sites is 1. The second-order valence-electron chi connectivity index (χ2n) is 24.7. The lowest BCUT2D eigenvalue weighted by Crippen LogP contribution is -2.58. The van der Waals surface area contributed by atoms with Crippen molar-refractivity contribution in [3.05, 3.63) is 141 Å². The highest BCUT2D eigenvalue weighted by molar-refractivity contribution is 7.22. The van der Waals surface area contributed by atoms with Crippen molar-refractivity contribution in [2.45, 2.75) is 123 Å². The molecule has 3 aliphatic heterocycles. The van der Waals surface area contributed by atoms with E-state index in [0.29, 0.717) is 72.4 Å². The van der Waals surface area contributed by atoms with E-state index in [9.17, 15) is 29.1 Å². The van der Waals surface area contributed by atoms with E-state index in [1.165, 1.54) is 34.7 Å². The highest BCUT2D eigenvalue weighted by atomic mass is 32.1. The van der Waals surface area contributed by atoms with Crippen molar-refractivity contribution < 1.29 is 38.6 Å². The molecule has 1 aliphatic carbocycles. The number of aromatic nitrogens is 3. The van der Waals surface area contributed by atoms with Crippen molar-refractivity contribution in [3.63, 3.8) is 0 Å². The topological polar surface area (TPSA) is 209 Å². The number of rotatable bonds is 18. The lowest BCUT2D eigenvalue weighted by molar-refractivity contribution is -0.144. The monoisotopic (exact) mass is 1240 g/mol. The molecule has 88 heavy (non-hydrogen) atoms. The highest BCUT2D eigenvalue weighted by Crippen LogP contribution is 2.39. The van der Waals surface area contributed by atoms with Crippen molar-refractivity contribution in [1.82, 2.24) is 35.4 Å². The molecule has 6 heterocycles. The first-order valence-electron chi connectivity index (χ1n) is 30.7. The minimum absolute atomic E-state index is 0.0338. The van der Waals surface area contributed by atoms with Crippen molar-refractivity contribution in [2.75, 3.05) is 56.7 Å². The third-order valence-corrected chi connectivity index (χ3v) is 20.8. The van der Waals surface area contributed by atoms with Crippen LogP contribution in [-0.2, 0) is 45.1 Å². The van der Waals surface area contributed by atoms with Crippen LogP contribution in [0.25, 0.3) is 20.7 Å². The lowest BCUT2D eigenvalue weighted by Gasteiger charge is -2.39. The molecule has 0 bridgehead atoms. The van der Waals surface area contributed by atoms with Crippen LogP contribution >= 0.6 is 34.0 Å². The van der Waals surface area contributed by atoms with Crippen LogP contribution in [0.4, 0.5) is 10.3 Å². The van der Waals surface area contributed by atoms with Gasteiger partial charge in [0.25, 0.3) is 5.91 Å². The number of ether oxygens (including phenoxy) is 2. The Morgan fingerprint density at radius 1 is 0.852 bits per heavy atom. The maximum absolute atomic E-state index is 14.3. The summed E-state index contributed by atoms with van der Waals surface area (Å²) in [4.78, 5) is 90.3. The predicted octanol–water partition coefficient (Wildman–Crippen LogP) is 10.5. The van der Waals surface area contributed by atoms with Crippen LogP contribution in [0.2, 0.25) is 0 Å². The normalized spacial score (nSPS) is 19.3. The summed E-state index contributed by atoms with van der Waals surface area (Å²) in [6, 6.07) is 27.8. The van der Waals surface area contributed by atoms with Crippen LogP contribution in [0.5, 0.6) is 5.75 Å². The molecule has 2 saturated heterocycles. The van der Waals surface area contributed by atoms with Gasteiger partial charge >= 0.3 is 5.97 Å². The van der Waals surface area contributed by atoms with Gasteiger partial charge in [0, 0.05) is 54.5 Å². The van der Waals surface area contributed by atoms with Crippen LogP contribution < -0.4 is 25.6 Å². The summed E-state index contributed by atoms with van der Waals surface area (Å²) in [6.07, 6.45) is 6.97. The molecule has 4 N–H and O–H groups in total. The van der Waals surface area contributed by atoms with Gasteiger partial charge in [-0.15, -0.1) is 22.7 Å². The zero-order chi connectivity index (χ0) is 61.5. The fourth-order valence-electron chi connectivity index (χ4n) is 12.7. The number of thiazole rings is 3. The fraction of sp³-hybridized carbons (Fsp3) is 0.441. The Bertz CT molecular complexity index is 3660. The molecular weight excluding hydrogens is 1170 g/mol. The number of anilines is 2. The van der Waals surface area contributed by atoms with Gasteiger partial charge in [0.2, 0.25) is 17.7 Å². The molecule has 4 aromatic carbocycles. The quantitative estimate of drug-likeness (QED) is 0.0359. The maximum Gasteiger partial charge on any atom is 0.357 e. The van der Waals surface area contributed by atoms with E-state index < -0.39 is 29.6 Å². The summed E-state index contributed by atoms with van der Waals surface area (Å²) >= 11 is 4.51. The van der Waals surface area contributed by atoms with Crippen LogP contribution in [-0.4, -0.2) is 124 Å². The van der Waals surface area contributed by atoms with Crippen molar-refractivity contribution >= 4 is 84.1 Å². The van der Waals surface area contributed by atoms with Crippen LogP contribution in [0.1, 0.15) is 126 Å². The number of hydrogen-bond acceptors (Lipinski definition) is 16. The number of carbonyl (C=O) groups is 5. The average molecular weight is 1240 g/mol. The third-order valence-electron chi connectivity index (χ3n) is 17.7. The second kappa shape index (κ2) is 27.9. The number of hydrogen-bond donors (Lipinski definition) is 4. The van der Waals surface area contributed by atoms with Crippen LogP contribution in [0.3, 0.4) is 0 Å². The highest BCUT2D eigenvalue weighted by Gasteiger charge is 2.45. The lowest BCUT2D eigenvalue weighted by atomic mass is 9.72. The Balaban J connectivity index is 0.594. The van der Waals surface area contributed by atoms with Gasteiger partial charge in [0.1, 0.15) is 17.8 Å². The number of aliphatic hydroxyl groups excluding tert-OH is 1. The van der Waals surface area contributed by atoms with Gasteiger partial charge in [-0.1, -0.05) is 92.5 Å². The van der Waals surface area contributed by atoms with E-state index in [1.54, 1.807) is 11.3 Å². The molecule has 3 aromatic heterocycles. The van der Waals surface area contributed by atoms with Gasteiger partial charge < -0.3 is 35.0 Å². The molecule has 3 atom stereocenters. The van der Waals surface area contributed by atoms with Gasteiger partial charge in [0.05, 0.1) is 52.7 Å². The van der Waals surface area contributed by atoms with Gasteiger partial charge in [-0.05, 0) is 160 Å². The molecule has 7 aromatic rings. The van der Waals surface area contributed by atoms with Gasteiger partial charge in [-0.3, -0.25) is 29.4 Å². The van der Waals surface area contributed by atoms with E-state index in [1.807, 2.05) is 118 Å². The van der Waals surface area contributed by atoms with E-state index in [2.05, 4.69) is 53.6 Å². The number of benzene rings is 4. The fourth-order valence-corrected chi connectivity index (χ4v) is 15.5. The van der Waals surface area contributed by atoms with Crippen molar-refractivity contribution in [1.29, 1.82) is 0 Å². The molecule has 460 valence electrons. The van der Waals surface area contributed by atoms with E-state index in [-0.39, 0.29) is 49.1 Å². The second-order valence-corrected chi connectivity index (χ2v) is 27.7. The number of nitrogens with one attached hydrogen (secondary N) is 3. The number of likely N-dealkylation sites (tertiary alicyclic amines) is 2. The Morgan fingerprint density at radius 3 is 2.34 bits per heavy atom. The molecule has 0 spiro atoms. The number of methoxy groups -OCH3 is 1. The van der Waals surface area contributed by atoms with Gasteiger partial charge in [0.15, 0.2) is 16.0 Å². The number of β-amino-alcohol motifs (C(OH)–C–C–N with tert-alkyl or cyclic N) is 1. The average Bonchev–Trinajstić information content (AvgIpc) is 1.80. The molecule has 1 saturated carbocycles. The number of piperidine rings is 1. The summed E-state index contributed by atoms with van der Waals surface area (Å²) in [6.45, 7) is 12.4. The zero-order valence-corrected chi connectivity index (χ0v) is 53.1. The van der Waals surface area contributed by atoms with Crippen molar-refractivity contribution in [2.24, 2.45) is 23.2 Å². The summed E-state index contributed by atoms with van der Waals surface area (Å²) in [5.41, 5.74) is 8.88. The molecule has 0 unspecified atom stereocenters. The van der Waals surface area contributed by atoms with E-state index >= 15 is 0 Å². The number of aryl methyl sites for hydroxylation is 2. The standard InChI is InChI=1S/C68H77N9O8S3/c1-42-59(86-41-70-42)48-21-17-44(18-22-48)38-69-63(81)55-37-50(78)39-77(55)64(82)60(68(2,3)4)73-61(79)49-25-23-45(24-26-49)46-29-33-75(34-30-46)32-9-11-43-19-27-51(28-20-43)85-36-10-16-57-58(65(83)84-5)72-67(88-57)76-35-31-47-12-8-13-52(53(47)40-76)62(80)74-66-71-54-14-6-7-15-56(54)87-66/h6-8,12-15,17-22,27-28,41,45-46,49-50,55,60,78H,10,16,23-26,29-40H2,1-5H3,(H,69,81)(H,73,79)(H,71,74,80)/t45?,49?,50-,55+,60-/m1/s1. The molecule has 4 amide bonds. The Morgan fingerprint density at radius 2 is 1.61 bits per heavy atom. The Labute approximate surface area is 526 Å². The maximum atomic E-state index is 14.3. The minimum Gasteiger partial charge on any atom is -0.494 e. The number of aliphatic hydroxyl groups is 1.